The van der Waals surface area contributed by atoms with Crippen LogP contribution in [0.15, 0.2) is 23.0 Å². The highest BCUT2D eigenvalue weighted by atomic mass is 16.5. The maximum Gasteiger partial charge on any atom is 0.308 e. The van der Waals surface area contributed by atoms with E-state index in [0.29, 0.717) is 29.8 Å². The summed E-state index contributed by atoms with van der Waals surface area (Å²) in [6, 6.07) is 5.22. The van der Waals surface area contributed by atoms with Crippen LogP contribution in [0.3, 0.4) is 0 Å². The number of aryl methyl sites for hydroxylation is 1. The molecule has 0 unspecified atom stereocenters. The predicted molar refractivity (Wildman–Crippen MR) is 106 cm³/mol. The highest BCUT2D eigenvalue weighted by molar-refractivity contribution is 5.89. The summed E-state index contributed by atoms with van der Waals surface area (Å²) in [5, 5.41) is 10.9. The maximum atomic E-state index is 12.8. The van der Waals surface area contributed by atoms with Crippen molar-refractivity contribution in [1.82, 2.24) is 4.57 Å². The van der Waals surface area contributed by atoms with Crippen molar-refractivity contribution in [3.63, 3.8) is 0 Å². The van der Waals surface area contributed by atoms with Crippen LogP contribution < -0.4 is 15.0 Å². The van der Waals surface area contributed by atoms with Crippen molar-refractivity contribution in [2.45, 2.75) is 65.8 Å². The fraction of sp³-hybridized carbons (Fsp3) is 0.524. The average molecular weight is 375 g/mol. The van der Waals surface area contributed by atoms with Gasteiger partial charge in [-0.15, -0.1) is 0 Å². The van der Waals surface area contributed by atoms with E-state index in [4.69, 9.17) is 9.47 Å². The molecule has 0 atom stereocenters. The number of rotatable bonds is 10. The third-order valence-electron chi connectivity index (χ3n) is 4.42. The number of benzene rings is 1. The van der Waals surface area contributed by atoms with Crippen molar-refractivity contribution in [3.05, 3.63) is 28.6 Å². The molecule has 1 aromatic carbocycles. The Morgan fingerprint density at radius 3 is 2.52 bits per heavy atom. The number of aromatic nitrogens is 1. The largest absolute Gasteiger partial charge is 0.504 e. The van der Waals surface area contributed by atoms with E-state index in [1.165, 1.54) is 19.8 Å². The smallest absolute Gasteiger partial charge is 0.308 e. The molecule has 148 valence electrons. The number of ether oxygens (including phenoxy) is 2. The van der Waals surface area contributed by atoms with Crippen LogP contribution in [0.1, 0.15) is 59.3 Å². The van der Waals surface area contributed by atoms with Gasteiger partial charge in [0.2, 0.25) is 5.75 Å². The van der Waals surface area contributed by atoms with Gasteiger partial charge in [-0.1, -0.05) is 39.5 Å². The van der Waals surface area contributed by atoms with Gasteiger partial charge in [0.1, 0.15) is 5.75 Å². The minimum atomic E-state index is -0.643. The SMILES string of the molecule is CCCCCCOc1ccc2c(O)c(OC(C)=O)c(=O)n(CCCC)c2c1. The summed E-state index contributed by atoms with van der Waals surface area (Å²) < 4.78 is 12.3. The summed E-state index contributed by atoms with van der Waals surface area (Å²) in [4.78, 5) is 24.1. The summed E-state index contributed by atoms with van der Waals surface area (Å²) in [5.74, 6) is -0.620. The van der Waals surface area contributed by atoms with Gasteiger partial charge in [-0.25, -0.2) is 0 Å². The topological polar surface area (TPSA) is 77.8 Å². The van der Waals surface area contributed by atoms with Crippen molar-refractivity contribution < 1.29 is 19.4 Å². The van der Waals surface area contributed by atoms with Gasteiger partial charge >= 0.3 is 5.97 Å². The van der Waals surface area contributed by atoms with E-state index in [1.54, 1.807) is 22.8 Å². The summed E-state index contributed by atoms with van der Waals surface area (Å²) in [6.45, 7) is 6.49. The van der Waals surface area contributed by atoms with Crippen molar-refractivity contribution >= 4 is 16.9 Å². The number of hydrogen-bond acceptors (Lipinski definition) is 5. The molecule has 0 amide bonds. The minimum absolute atomic E-state index is 0.313. The van der Waals surface area contributed by atoms with Crippen LogP contribution in [0.5, 0.6) is 17.2 Å². The molecule has 1 aromatic heterocycles. The third kappa shape index (κ3) is 5.25. The molecule has 0 radical (unpaired) electrons. The summed E-state index contributed by atoms with van der Waals surface area (Å²) >= 11 is 0. The molecule has 0 fully saturated rings. The molecule has 1 N–H and O–H groups in total. The Balaban J connectivity index is 2.41. The zero-order chi connectivity index (χ0) is 19.8. The monoisotopic (exact) mass is 375 g/mol. The van der Waals surface area contributed by atoms with Gasteiger partial charge in [-0.3, -0.25) is 9.59 Å². The number of aromatic hydroxyl groups is 1. The van der Waals surface area contributed by atoms with Crippen LogP contribution in [-0.4, -0.2) is 22.2 Å². The van der Waals surface area contributed by atoms with Gasteiger partial charge in [-0.05, 0) is 25.0 Å². The zero-order valence-corrected chi connectivity index (χ0v) is 16.4. The van der Waals surface area contributed by atoms with E-state index in [0.717, 1.165) is 25.7 Å². The van der Waals surface area contributed by atoms with E-state index in [9.17, 15) is 14.7 Å². The number of esters is 1. The first-order chi connectivity index (χ1) is 13.0. The van der Waals surface area contributed by atoms with E-state index >= 15 is 0 Å². The first-order valence-corrected chi connectivity index (χ1v) is 9.70. The third-order valence-corrected chi connectivity index (χ3v) is 4.42. The molecule has 2 aromatic rings. The molecule has 6 nitrogen and oxygen atoms in total. The number of carbonyl (C=O) groups is 1. The van der Waals surface area contributed by atoms with Crippen LogP contribution in [0.25, 0.3) is 10.9 Å². The number of carbonyl (C=O) groups excluding carboxylic acids is 1. The lowest BCUT2D eigenvalue weighted by molar-refractivity contribution is -0.132. The molecule has 27 heavy (non-hydrogen) atoms. The normalized spacial score (nSPS) is 10.9. The van der Waals surface area contributed by atoms with Crippen LogP contribution >= 0.6 is 0 Å². The second kappa shape index (κ2) is 10.00. The summed E-state index contributed by atoms with van der Waals surface area (Å²) in [7, 11) is 0. The van der Waals surface area contributed by atoms with Gasteiger partial charge < -0.3 is 19.1 Å². The number of nitrogens with zero attached hydrogens (tertiary/aromatic N) is 1. The molecule has 0 spiro atoms. The van der Waals surface area contributed by atoms with Crippen LogP contribution in [0.4, 0.5) is 0 Å². The summed E-state index contributed by atoms with van der Waals surface area (Å²) in [6.07, 6.45) is 6.16. The summed E-state index contributed by atoms with van der Waals surface area (Å²) in [5.41, 5.74) is 0.0663. The fourth-order valence-corrected chi connectivity index (χ4v) is 2.97. The van der Waals surface area contributed by atoms with Crippen molar-refractivity contribution in [2.75, 3.05) is 6.61 Å². The van der Waals surface area contributed by atoms with Crippen LogP contribution in [0.2, 0.25) is 0 Å². The van der Waals surface area contributed by atoms with Crippen LogP contribution in [-0.2, 0) is 11.3 Å². The van der Waals surface area contributed by atoms with E-state index in [1.807, 2.05) is 6.92 Å². The van der Waals surface area contributed by atoms with Gasteiger partial charge in [0, 0.05) is 24.9 Å². The zero-order valence-electron chi connectivity index (χ0n) is 16.4. The molecule has 0 saturated carbocycles. The molecule has 1 heterocycles. The van der Waals surface area contributed by atoms with Crippen LogP contribution in [0, 0.1) is 0 Å². The maximum absolute atomic E-state index is 12.8. The lowest BCUT2D eigenvalue weighted by atomic mass is 10.1. The number of fused-ring (bicyclic) bond motifs is 1. The Morgan fingerprint density at radius 1 is 1.11 bits per heavy atom. The van der Waals surface area contributed by atoms with Gasteiger partial charge in [0.15, 0.2) is 5.75 Å². The number of hydrogen-bond donors (Lipinski definition) is 1. The molecule has 0 bridgehead atoms. The molecule has 0 saturated heterocycles. The molecule has 0 aliphatic carbocycles. The van der Waals surface area contributed by atoms with Gasteiger partial charge in [0.05, 0.1) is 12.1 Å². The molecular weight excluding hydrogens is 346 g/mol. The fourth-order valence-electron chi connectivity index (χ4n) is 2.97. The van der Waals surface area contributed by atoms with E-state index < -0.39 is 11.5 Å². The van der Waals surface area contributed by atoms with Crippen molar-refractivity contribution in [1.29, 1.82) is 0 Å². The number of pyridine rings is 1. The van der Waals surface area contributed by atoms with E-state index in [-0.39, 0.29) is 11.5 Å². The minimum Gasteiger partial charge on any atom is -0.504 e. The average Bonchev–Trinajstić information content (AvgIpc) is 2.64. The lowest BCUT2D eigenvalue weighted by Crippen LogP contribution is -2.24. The Bertz CT molecular complexity index is 841. The Hall–Kier alpha value is -2.50. The van der Waals surface area contributed by atoms with Gasteiger partial charge in [-0.2, -0.15) is 0 Å². The predicted octanol–water partition coefficient (Wildman–Crippen LogP) is 4.39. The first kappa shape index (κ1) is 20.8. The van der Waals surface area contributed by atoms with Gasteiger partial charge in [0.25, 0.3) is 5.56 Å². The first-order valence-electron chi connectivity index (χ1n) is 9.70. The lowest BCUT2D eigenvalue weighted by Gasteiger charge is -2.15. The molecular formula is C21H29NO5. The Labute approximate surface area is 159 Å². The highest BCUT2D eigenvalue weighted by Gasteiger charge is 2.19. The van der Waals surface area contributed by atoms with Crippen molar-refractivity contribution in [2.24, 2.45) is 0 Å². The highest BCUT2D eigenvalue weighted by Crippen LogP contribution is 2.33. The molecule has 6 heteroatoms. The molecule has 2 rings (SSSR count). The number of unbranched alkanes of at least 4 members (excludes halogenated alkanes) is 4. The Kier molecular flexibility index (Phi) is 7.70. The second-order valence-electron chi connectivity index (χ2n) is 6.67. The standard InChI is InChI=1S/C21H29NO5/c1-4-6-8-9-13-26-16-10-11-17-18(14-16)22(12-7-5-2)21(25)20(19(17)24)27-15(3)23/h10-11,14,24H,4-9,12-13H2,1-3H3. The van der Waals surface area contributed by atoms with Crippen molar-refractivity contribution in [3.8, 4) is 17.2 Å². The quantitative estimate of drug-likeness (QED) is 0.492. The Morgan fingerprint density at radius 2 is 1.85 bits per heavy atom. The van der Waals surface area contributed by atoms with E-state index in [2.05, 4.69) is 6.92 Å². The molecule has 0 aliphatic heterocycles. The second-order valence-corrected chi connectivity index (χ2v) is 6.67. The molecule has 0 aliphatic rings.